The largest absolute Gasteiger partial charge is 0.508 e. The first-order valence-electron chi connectivity index (χ1n) is 5.38. The molecule has 0 radical (unpaired) electrons. The molecule has 0 bridgehead atoms. The second-order valence-electron chi connectivity index (χ2n) is 4.83. The molecule has 1 rings (SSSR count). The van der Waals surface area contributed by atoms with Gasteiger partial charge in [0, 0.05) is 6.07 Å². The fourth-order valence-corrected chi connectivity index (χ4v) is 1.17. The maximum absolute atomic E-state index is 11.6. The van der Waals surface area contributed by atoms with Gasteiger partial charge in [-0.1, -0.05) is 6.92 Å². The monoisotopic (exact) mass is 222 g/mol. The zero-order valence-corrected chi connectivity index (χ0v) is 10.2. The number of aromatic hydroxyl groups is 1. The van der Waals surface area contributed by atoms with E-state index in [1.165, 1.54) is 6.07 Å². The van der Waals surface area contributed by atoms with Crippen LogP contribution in [0.2, 0.25) is 0 Å². The highest BCUT2D eigenvalue weighted by Gasteiger charge is 2.23. The van der Waals surface area contributed by atoms with Crippen molar-refractivity contribution in [1.82, 2.24) is 0 Å². The fraction of sp³-hybridized carbons (Fsp3) is 0.462. The highest BCUT2D eigenvalue weighted by Crippen LogP contribution is 2.25. The van der Waals surface area contributed by atoms with Crippen LogP contribution in [0.5, 0.6) is 11.5 Å². The lowest BCUT2D eigenvalue weighted by Gasteiger charge is -2.16. The number of rotatable bonds is 2. The van der Waals surface area contributed by atoms with Crippen molar-refractivity contribution in [3.05, 3.63) is 23.8 Å². The van der Waals surface area contributed by atoms with E-state index in [-0.39, 0.29) is 11.7 Å². The third-order valence-corrected chi connectivity index (χ3v) is 2.18. The molecule has 0 aliphatic rings. The van der Waals surface area contributed by atoms with Crippen LogP contribution in [0.25, 0.3) is 0 Å². The number of ether oxygens (including phenoxy) is 1. The van der Waals surface area contributed by atoms with Crippen LogP contribution in [0, 0.1) is 5.41 Å². The van der Waals surface area contributed by atoms with Crippen LogP contribution in [0.15, 0.2) is 18.2 Å². The van der Waals surface area contributed by atoms with Crippen molar-refractivity contribution < 1.29 is 14.6 Å². The zero-order valence-electron chi connectivity index (χ0n) is 10.2. The maximum atomic E-state index is 11.6. The topological polar surface area (TPSA) is 46.5 Å². The second-order valence-corrected chi connectivity index (χ2v) is 4.83. The summed E-state index contributed by atoms with van der Waals surface area (Å²) in [5.74, 6) is 0.216. The van der Waals surface area contributed by atoms with Crippen molar-refractivity contribution in [1.29, 1.82) is 0 Å². The molecule has 1 aromatic rings. The number of carbonyl (C=O) groups excluding carboxylic acids is 1. The molecule has 0 heterocycles. The number of esters is 1. The average Bonchev–Trinajstić information content (AvgIpc) is 2.15. The minimum Gasteiger partial charge on any atom is -0.508 e. The van der Waals surface area contributed by atoms with Crippen LogP contribution in [0.1, 0.15) is 33.3 Å². The van der Waals surface area contributed by atoms with Gasteiger partial charge in [0.1, 0.15) is 11.5 Å². The Hall–Kier alpha value is -1.51. The zero-order chi connectivity index (χ0) is 12.3. The smallest absolute Gasteiger partial charge is 0.316 e. The summed E-state index contributed by atoms with van der Waals surface area (Å²) in [6.45, 7) is 7.35. The predicted molar refractivity (Wildman–Crippen MR) is 62.6 cm³/mol. The van der Waals surface area contributed by atoms with Crippen molar-refractivity contribution in [3.8, 4) is 11.5 Å². The lowest BCUT2D eigenvalue weighted by molar-refractivity contribution is -0.142. The van der Waals surface area contributed by atoms with Gasteiger partial charge < -0.3 is 9.84 Å². The van der Waals surface area contributed by atoms with Gasteiger partial charge in [-0.25, -0.2) is 0 Å². The average molecular weight is 222 g/mol. The normalized spacial score (nSPS) is 11.2. The summed E-state index contributed by atoms with van der Waals surface area (Å²) in [6.07, 6.45) is 0.786. The summed E-state index contributed by atoms with van der Waals surface area (Å²) >= 11 is 0. The van der Waals surface area contributed by atoms with Gasteiger partial charge in [-0.05, 0) is 44.9 Å². The molecule has 0 saturated heterocycles. The summed E-state index contributed by atoms with van der Waals surface area (Å²) in [7, 11) is 0. The molecule has 0 saturated carbocycles. The van der Waals surface area contributed by atoms with Gasteiger partial charge in [0.25, 0.3) is 0 Å². The van der Waals surface area contributed by atoms with Gasteiger partial charge >= 0.3 is 5.97 Å². The number of hydrogen-bond donors (Lipinski definition) is 1. The van der Waals surface area contributed by atoms with Crippen LogP contribution < -0.4 is 4.74 Å². The summed E-state index contributed by atoms with van der Waals surface area (Å²) in [5.41, 5.74) is 0.398. The van der Waals surface area contributed by atoms with Gasteiger partial charge in [-0.3, -0.25) is 4.79 Å². The number of carbonyl (C=O) groups is 1. The van der Waals surface area contributed by atoms with Gasteiger partial charge in [-0.2, -0.15) is 0 Å². The van der Waals surface area contributed by atoms with Crippen molar-refractivity contribution >= 4 is 5.97 Å². The number of hydrogen-bond acceptors (Lipinski definition) is 3. The number of phenols is 1. The van der Waals surface area contributed by atoms with E-state index < -0.39 is 5.41 Å². The Bertz CT molecular complexity index is 389. The molecule has 1 N–H and O–H groups in total. The molecule has 0 unspecified atom stereocenters. The molecule has 0 amide bonds. The van der Waals surface area contributed by atoms with E-state index in [1.807, 2.05) is 6.92 Å². The highest BCUT2D eigenvalue weighted by atomic mass is 16.5. The van der Waals surface area contributed by atoms with Crippen molar-refractivity contribution in [2.45, 2.75) is 34.1 Å². The van der Waals surface area contributed by atoms with E-state index >= 15 is 0 Å². The predicted octanol–water partition coefficient (Wildman–Crippen LogP) is 2.91. The lowest BCUT2D eigenvalue weighted by atomic mass is 9.97. The molecule has 3 heteroatoms. The van der Waals surface area contributed by atoms with Crippen LogP contribution >= 0.6 is 0 Å². The molecule has 0 aromatic heterocycles. The molecule has 88 valence electrons. The Morgan fingerprint density at radius 1 is 1.31 bits per heavy atom. The first-order valence-corrected chi connectivity index (χ1v) is 5.38. The van der Waals surface area contributed by atoms with Gasteiger partial charge in [-0.15, -0.1) is 0 Å². The molecule has 0 spiro atoms. The Morgan fingerprint density at radius 3 is 2.44 bits per heavy atom. The van der Waals surface area contributed by atoms with Gasteiger partial charge in [0.05, 0.1) is 5.41 Å². The van der Waals surface area contributed by atoms with E-state index in [1.54, 1.807) is 32.9 Å². The number of aryl methyl sites for hydroxylation is 1. The minimum absolute atomic E-state index is 0.121. The Balaban J connectivity index is 2.89. The third kappa shape index (κ3) is 3.26. The van der Waals surface area contributed by atoms with Crippen LogP contribution in [-0.2, 0) is 11.2 Å². The molecule has 0 aliphatic heterocycles. The van der Waals surface area contributed by atoms with Crippen molar-refractivity contribution in [3.63, 3.8) is 0 Å². The molecular formula is C13H18O3. The maximum Gasteiger partial charge on any atom is 0.316 e. The van der Waals surface area contributed by atoms with E-state index in [0.717, 1.165) is 12.0 Å². The van der Waals surface area contributed by atoms with E-state index in [4.69, 9.17) is 4.74 Å². The summed E-state index contributed by atoms with van der Waals surface area (Å²) in [6, 6.07) is 4.88. The molecular weight excluding hydrogens is 204 g/mol. The lowest BCUT2D eigenvalue weighted by Crippen LogP contribution is -2.25. The molecule has 16 heavy (non-hydrogen) atoms. The number of benzene rings is 1. The third-order valence-electron chi connectivity index (χ3n) is 2.18. The summed E-state index contributed by atoms with van der Waals surface area (Å²) < 4.78 is 5.20. The van der Waals surface area contributed by atoms with Crippen molar-refractivity contribution in [2.24, 2.45) is 5.41 Å². The molecule has 0 atom stereocenters. The quantitative estimate of drug-likeness (QED) is 0.618. The van der Waals surface area contributed by atoms with Crippen molar-refractivity contribution in [2.75, 3.05) is 0 Å². The number of phenolic OH excluding ortho intramolecular Hbond substituents is 1. The Kier molecular flexibility index (Phi) is 3.58. The second kappa shape index (κ2) is 4.56. The van der Waals surface area contributed by atoms with Crippen LogP contribution in [0.4, 0.5) is 0 Å². The molecule has 3 nitrogen and oxygen atoms in total. The molecule has 1 aromatic carbocycles. The molecule has 0 aliphatic carbocycles. The van der Waals surface area contributed by atoms with Crippen LogP contribution in [-0.4, -0.2) is 11.1 Å². The standard InChI is InChI=1S/C13H18O3/c1-5-9-6-10(14)8-11(7-9)16-12(15)13(2,3)4/h6-8,14H,5H2,1-4H3. The van der Waals surface area contributed by atoms with E-state index in [2.05, 4.69) is 0 Å². The summed E-state index contributed by atoms with van der Waals surface area (Å²) in [5, 5.41) is 9.45. The van der Waals surface area contributed by atoms with E-state index in [9.17, 15) is 9.90 Å². The Labute approximate surface area is 96.1 Å². The SMILES string of the molecule is CCc1cc(O)cc(OC(=O)C(C)(C)C)c1. The highest BCUT2D eigenvalue weighted by molar-refractivity contribution is 5.78. The minimum atomic E-state index is -0.544. The first-order chi connectivity index (χ1) is 7.32. The van der Waals surface area contributed by atoms with Gasteiger partial charge in [0.15, 0.2) is 0 Å². The van der Waals surface area contributed by atoms with Crippen LogP contribution in [0.3, 0.4) is 0 Å². The van der Waals surface area contributed by atoms with E-state index in [0.29, 0.717) is 5.75 Å². The van der Waals surface area contributed by atoms with Gasteiger partial charge in [0.2, 0.25) is 0 Å². The molecule has 0 fully saturated rings. The Morgan fingerprint density at radius 2 is 1.94 bits per heavy atom. The first kappa shape index (κ1) is 12.6. The summed E-state index contributed by atoms with van der Waals surface area (Å²) in [4.78, 5) is 11.6. The fourth-order valence-electron chi connectivity index (χ4n) is 1.17.